The van der Waals surface area contributed by atoms with E-state index in [0.717, 1.165) is 6.42 Å². The molecule has 1 saturated heterocycles. The molecule has 1 aliphatic heterocycles. The first-order chi connectivity index (χ1) is 11.1. The van der Waals surface area contributed by atoms with Crippen LogP contribution in [0, 0.1) is 23.7 Å². The first-order valence-corrected chi connectivity index (χ1v) is 7.88. The monoisotopic (exact) mass is 311 g/mol. The second-order valence-electron chi connectivity index (χ2n) is 6.36. The zero-order valence-corrected chi connectivity index (χ0v) is 12.5. The molecule has 6 nitrogen and oxygen atoms in total. The fourth-order valence-corrected chi connectivity index (χ4v) is 4.06. The molecule has 1 saturated carbocycles. The number of nitrogens with zero attached hydrogens (tertiary/aromatic N) is 2. The van der Waals surface area contributed by atoms with E-state index in [0.29, 0.717) is 5.69 Å². The number of carbonyl (C=O) groups excluding carboxylic acids is 3. The molecule has 1 aromatic rings. The number of nitrogens with one attached hydrogen (secondary N) is 1. The van der Waals surface area contributed by atoms with Gasteiger partial charge in [-0.25, -0.2) is 0 Å². The van der Waals surface area contributed by atoms with Crippen LogP contribution < -0.4 is 5.32 Å². The third-order valence-corrected chi connectivity index (χ3v) is 5.09. The van der Waals surface area contributed by atoms with Gasteiger partial charge in [0.1, 0.15) is 0 Å². The zero-order chi connectivity index (χ0) is 16.0. The minimum atomic E-state index is -0.213. The number of fused-ring (bicyclic) bond motifs is 5. The van der Waals surface area contributed by atoms with Gasteiger partial charge < -0.3 is 5.32 Å². The van der Waals surface area contributed by atoms with Crippen molar-refractivity contribution < 1.29 is 14.4 Å². The van der Waals surface area contributed by atoms with E-state index in [-0.39, 0.29) is 54.4 Å². The minimum Gasteiger partial charge on any atom is -0.326 e. The molecule has 1 aromatic heterocycles. The molecule has 0 unspecified atom stereocenters. The average molecular weight is 311 g/mol. The summed E-state index contributed by atoms with van der Waals surface area (Å²) in [5, 5.41) is 2.74. The van der Waals surface area contributed by atoms with Crippen LogP contribution in [-0.4, -0.2) is 34.2 Å². The molecule has 6 heteroatoms. The lowest BCUT2D eigenvalue weighted by Crippen LogP contribution is -2.35. The topological polar surface area (TPSA) is 79.4 Å². The second kappa shape index (κ2) is 5.30. The maximum absolute atomic E-state index is 12.5. The Bertz CT molecular complexity index is 670. The van der Waals surface area contributed by atoms with Gasteiger partial charge in [0.05, 0.1) is 11.8 Å². The van der Waals surface area contributed by atoms with Crippen LogP contribution in [0.5, 0.6) is 0 Å². The molecular formula is C17H17N3O3. The summed E-state index contributed by atoms with van der Waals surface area (Å²) in [6, 6.07) is 3.38. The van der Waals surface area contributed by atoms with Gasteiger partial charge in [0.25, 0.3) is 0 Å². The van der Waals surface area contributed by atoms with Crippen LogP contribution in [0.25, 0.3) is 0 Å². The standard InChI is InChI=1S/C17H17N3O3/c21-13(19-12-3-6-18-7-4-12)5-8-20-16(22)14-10-1-2-11(9-10)15(14)17(20)23/h1-4,6-7,10-11,14-15H,5,8-9H2,(H,18,19,21)/t10-,11-,14-,15+/m0/s1. The number of allylic oxidation sites excluding steroid dienone is 2. The quantitative estimate of drug-likeness (QED) is 0.670. The van der Waals surface area contributed by atoms with Crippen LogP contribution in [0.15, 0.2) is 36.7 Å². The SMILES string of the molecule is O=C(CCN1C(=O)[C@@H]2[C@H](C1=O)[C@H]1C=C[C@H]2C1)Nc1ccncc1. The van der Waals surface area contributed by atoms with Crippen molar-refractivity contribution >= 4 is 23.4 Å². The second-order valence-corrected chi connectivity index (χ2v) is 6.36. The Hall–Kier alpha value is -2.50. The normalized spacial score (nSPS) is 30.9. The number of anilines is 1. The van der Waals surface area contributed by atoms with Crippen molar-refractivity contribution in [2.75, 3.05) is 11.9 Å². The van der Waals surface area contributed by atoms with Crippen molar-refractivity contribution in [3.05, 3.63) is 36.7 Å². The molecule has 3 aliphatic rings. The Morgan fingerprint density at radius 1 is 1.13 bits per heavy atom. The molecule has 0 spiro atoms. The molecular weight excluding hydrogens is 294 g/mol. The van der Waals surface area contributed by atoms with Gasteiger partial charge in [-0.05, 0) is 30.4 Å². The molecule has 118 valence electrons. The summed E-state index contributed by atoms with van der Waals surface area (Å²) in [6.45, 7) is 0.154. The minimum absolute atomic E-state index is 0.103. The molecule has 2 heterocycles. The van der Waals surface area contributed by atoms with Crippen LogP contribution >= 0.6 is 0 Å². The number of amides is 3. The first-order valence-electron chi connectivity index (χ1n) is 7.88. The Balaban J connectivity index is 1.38. The molecule has 2 bridgehead atoms. The highest BCUT2D eigenvalue weighted by molar-refractivity contribution is 6.06. The largest absolute Gasteiger partial charge is 0.326 e. The van der Waals surface area contributed by atoms with E-state index in [1.54, 1.807) is 24.5 Å². The van der Waals surface area contributed by atoms with Crippen molar-refractivity contribution in [3.8, 4) is 0 Å². The van der Waals surface area contributed by atoms with E-state index in [9.17, 15) is 14.4 Å². The molecule has 2 aliphatic carbocycles. The van der Waals surface area contributed by atoms with Crippen LogP contribution in [-0.2, 0) is 14.4 Å². The highest BCUT2D eigenvalue weighted by atomic mass is 16.2. The fraction of sp³-hybridized carbons (Fsp3) is 0.412. The van der Waals surface area contributed by atoms with Gasteiger partial charge in [0, 0.05) is 31.0 Å². The van der Waals surface area contributed by atoms with Crippen molar-refractivity contribution in [1.29, 1.82) is 0 Å². The van der Waals surface area contributed by atoms with Gasteiger partial charge in [0.15, 0.2) is 0 Å². The van der Waals surface area contributed by atoms with Crippen molar-refractivity contribution in [2.45, 2.75) is 12.8 Å². The van der Waals surface area contributed by atoms with Crippen molar-refractivity contribution in [1.82, 2.24) is 9.88 Å². The van der Waals surface area contributed by atoms with Crippen LogP contribution in [0.3, 0.4) is 0 Å². The summed E-state index contributed by atoms with van der Waals surface area (Å²) in [6.07, 6.45) is 8.35. The Morgan fingerprint density at radius 2 is 1.74 bits per heavy atom. The maximum Gasteiger partial charge on any atom is 0.233 e. The number of hydrogen-bond donors (Lipinski definition) is 1. The molecule has 23 heavy (non-hydrogen) atoms. The van der Waals surface area contributed by atoms with Crippen LogP contribution in [0.4, 0.5) is 5.69 Å². The molecule has 4 atom stereocenters. The number of likely N-dealkylation sites (tertiary alicyclic amines) is 1. The third kappa shape index (κ3) is 2.25. The molecule has 2 fully saturated rings. The van der Waals surface area contributed by atoms with E-state index in [1.807, 2.05) is 0 Å². The molecule has 0 radical (unpaired) electrons. The summed E-state index contributed by atoms with van der Waals surface area (Å²) >= 11 is 0. The fourth-order valence-electron chi connectivity index (χ4n) is 4.06. The Morgan fingerprint density at radius 3 is 2.35 bits per heavy atom. The first kappa shape index (κ1) is 14.1. The number of rotatable bonds is 4. The third-order valence-electron chi connectivity index (χ3n) is 5.09. The van der Waals surface area contributed by atoms with Crippen molar-refractivity contribution in [2.24, 2.45) is 23.7 Å². The van der Waals surface area contributed by atoms with Gasteiger partial charge in [-0.15, -0.1) is 0 Å². The molecule has 0 aromatic carbocycles. The van der Waals surface area contributed by atoms with E-state index < -0.39 is 0 Å². The van der Waals surface area contributed by atoms with Gasteiger partial charge in [0.2, 0.25) is 17.7 Å². The summed E-state index contributed by atoms with van der Waals surface area (Å²) < 4.78 is 0. The van der Waals surface area contributed by atoms with E-state index >= 15 is 0 Å². The van der Waals surface area contributed by atoms with Gasteiger partial charge >= 0.3 is 0 Å². The smallest absolute Gasteiger partial charge is 0.233 e. The lowest BCUT2D eigenvalue weighted by Gasteiger charge is -2.16. The van der Waals surface area contributed by atoms with Crippen molar-refractivity contribution in [3.63, 3.8) is 0 Å². The van der Waals surface area contributed by atoms with Crippen LogP contribution in [0.2, 0.25) is 0 Å². The number of carbonyl (C=O) groups is 3. The van der Waals surface area contributed by atoms with Crippen LogP contribution in [0.1, 0.15) is 12.8 Å². The number of imide groups is 1. The highest BCUT2D eigenvalue weighted by Crippen LogP contribution is 2.52. The molecule has 4 rings (SSSR count). The summed E-state index contributed by atoms with van der Waals surface area (Å²) in [4.78, 5) is 42.1. The number of pyridine rings is 1. The lowest BCUT2D eigenvalue weighted by molar-refractivity contribution is -0.140. The van der Waals surface area contributed by atoms with Gasteiger partial charge in [-0.2, -0.15) is 0 Å². The molecule has 3 amide bonds. The Labute approximate surface area is 133 Å². The van der Waals surface area contributed by atoms with Gasteiger partial charge in [-0.3, -0.25) is 24.3 Å². The predicted octanol–water partition coefficient (Wildman–Crippen LogP) is 1.22. The number of hydrogen-bond acceptors (Lipinski definition) is 4. The zero-order valence-electron chi connectivity index (χ0n) is 12.5. The lowest BCUT2D eigenvalue weighted by atomic mass is 9.85. The summed E-state index contributed by atoms with van der Waals surface area (Å²) in [5.41, 5.74) is 0.656. The van der Waals surface area contributed by atoms with E-state index in [1.165, 1.54) is 4.90 Å². The average Bonchev–Trinajstić information content (AvgIpc) is 3.22. The Kier molecular flexibility index (Phi) is 3.25. The predicted molar refractivity (Wildman–Crippen MR) is 81.9 cm³/mol. The summed E-state index contributed by atoms with van der Waals surface area (Å²) in [7, 11) is 0. The maximum atomic E-state index is 12.5. The van der Waals surface area contributed by atoms with E-state index in [4.69, 9.17) is 0 Å². The van der Waals surface area contributed by atoms with E-state index in [2.05, 4.69) is 22.5 Å². The highest BCUT2D eigenvalue weighted by Gasteiger charge is 2.58. The summed E-state index contributed by atoms with van der Waals surface area (Å²) in [5.74, 6) is -0.396. The van der Waals surface area contributed by atoms with Gasteiger partial charge in [-0.1, -0.05) is 12.2 Å². The number of aromatic nitrogens is 1. The molecule has 1 N–H and O–H groups in total.